The molecule has 4 heteroatoms. The molecule has 0 atom stereocenters. The highest BCUT2D eigenvalue weighted by atomic mass is 19.2. The Morgan fingerprint density at radius 1 is 1.38 bits per heavy atom. The van der Waals surface area contributed by atoms with Gasteiger partial charge in [-0.2, -0.15) is 9.65 Å². The lowest BCUT2D eigenvalue weighted by atomic mass is 10.1. The highest BCUT2D eigenvalue weighted by molar-refractivity contribution is 5.32. The SMILES string of the molecule is COc1ccc(CC#N)c(F)c1F. The maximum atomic E-state index is 13.0. The molecule has 1 rings (SSSR count). The summed E-state index contributed by atoms with van der Waals surface area (Å²) in [5.41, 5.74) is 0.0424. The minimum absolute atomic E-state index is 0.0424. The predicted molar refractivity (Wildman–Crippen MR) is 42.2 cm³/mol. The first-order valence-corrected chi connectivity index (χ1v) is 3.58. The van der Waals surface area contributed by atoms with Gasteiger partial charge in [0.2, 0.25) is 5.82 Å². The fraction of sp³-hybridized carbons (Fsp3) is 0.222. The molecular weight excluding hydrogens is 176 g/mol. The molecule has 0 radical (unpaired) electrons. The molecule has 0 amide bonds. The van der Waals surface area contributed by atoms with E-state index < -0.39 is 11.6 Å². The van der Waals surface area contributed by atoms with Crippen molar-refractivity contribution >= 4 is 0 Å². The minimum Gasteiger partial charge on any atom is -0.494 e. The van der Waals surface area contributed by atoms with Gasteiger partial charge in [0.05, 0.1) is 19.6 Å². The van der Waals surface area contributed by atoms with Crippen molar-refractivity contribution in [1.82, 2.24) is 0 Å². The molecule has 2 nitrogen and oxygen atoms in total. The standard InChI is InChI=1S/C9H7F2NO/c1-13-7-3-2-6(4-5-12)8(10)9(7)11/h2-3H,4H2,1H3. The molecule has 13 heavy (non-hydrogen) atoms. The number of halogens is 2. The number of ether oxygens (including phenoxy) is 1. The second-order valence-electron chi connectivity index (χ2n) is 2.39. The molecule has 0 saturated heterocycles. The lowest BCUT2D eigenvalue weighted by Crippen LogP contribution is -1.96. The number of nitriles is 1. The van der Waals surface area contributed by atoms with E-state index in [2.05, 4.69) is 4.74 Å². The zero-order chi connectivity index (χ0) is 9.84. The largest absolute Gasteiger partial charge is 0.494 e. The van der Waals surface area contributed by atoms with E-state index in [1.54, 1.807) is 6.07 Å². The number of hydrogen-bond donors (Lipinski definition) is 0. The van der Waals surface area contributed by atoms with E-state index in [1.807, 2.05) is 0 Å². The quantitative estimate of drug-likeness (QED) is 0.702. The average molecular weight is 183 g/mol. The smallest absolute Gasteiger partial charge is 0.200 e. The first-order chi connectivity index (χ1) is 6.20. The first kappa shape index (κ1) is 9.46. The van der Waals surface area contributed by atoms with E-state index in [1.165, 1.54) is 19.2 Å². The van der Waals surface area contributed by atoms with Crippen LogP contribution in [-0.4, -0.2) is 7.11 Å². The normalized spacial score (nSPS) is 9.38. The van der Waals surface area contributed by atoms with Crippen LogP contribution in [0.4, 0.5) is 8.78 Å². The van der Waals surface area contributed by atoms with E-state index in [9.17, 15) is 8.78 Å². The molecule has 0 aliphatic carbocycles. The molecule has 1 aromatic rings. The topological polar surface area (TPSA) is 33.0 Å². The lowest BCUT2D eigenvalue weighted by molar-refractivity contribution is 0.370. The van der Waals surface area contributed by atoms with Crippen molar-refractivity contribution in [1.29, 1.82) is 5.26 Å². The number of methoxy groups -OCH3 is 1. The summed E-state index contributed by atoms with van der Waals surface area (Å²) in [7, 11) is 1.25. The van der Waals surface area contributed by atoms with Crippen LogP contribution < -0.4 is 4.74 Å². The van der Waals surface area contributed by atoms with Crippen LogP contribution in [0.1, 0.15) is 5.56 Å². The van der Waals surface area contributed by atoms with Crippen LogP contribution in [0.2, 0.25) is 0 Å². The summed E-state index contributed by atoms with van der Waals surface area (Å²) in [6.45, 7) is 0. The van der Waals surface area contributed by atoms with Gasteiger partial charge in [-0.25, -0.2) is 4.39 Å². The van der Waals surface area contributed by atoms with Gasteiger partial charge in [-0.05, 0) is 6.07 Å². The zero-order valence-corrected chi connectivity index (χ0v) is 6.97. The molecule has 1 aromatic carbocycles. The van der Waals surface area contributed by atoms with E-state index >= 15 is 0 Å². The summed E-state index contributed by atoms with van der Waals surface area (Å²) >= 11 is 0. The Balaban J connectivity index is 3.17. The zero-order valence-electron chi connectivity index (χ0n) is 6.97. The fourth-order valence-corrected chi connectivity index (χ4v) is 0.951. The molecule has 0 heterocycles. The third-order valence-electron chi connectivity index (χ3n) is 1.62. The van der Waals surface area contributed by atoms with Crippen molar-refractivity contribution in [2.75, 3.05) is 7.11 Å². The van der Waals surface area contributed by atoms with Crippen molar-refractivity contribution in [2.45, 2.75) is 6.42 Å². The van der Waals surface area contributed by atoms with Crippen LogP contribution >= 0.6 is 0 Å². The van der Waals surface area contributed by atoms with Gasteiger partial charge < -0.3 is 4.74 Å². The summed E-state index contributed by atoms with van der Waals surface area (Å²) in [5, 5.41) is 8.29. The average Bonchev–Trinajstić information content (AvgIpc) is 2.14. The van der Waals surface area contributed by atoms with Crippen LogP contribution in [0, 0.1) is 23.0 Å². The number of benzene rings is 1. The van der Waals surface area contributed by atoms with Crippen molar-refractivity contribution in [3.05, 3.63) is 29.3 Å². The Kier molecular flexibility index (Phi) is 2.80. The van der Waals surface area contributed by atoms with Crippen LogP contribution in [0.15, 0.2) is 12.1 Å². The second-order valence-corrected chi connectivity index (χ2v) is 2.39. The highest BCUT2D eigenvalue weighted by Gasteiger charge is 2.12. The molecule has 0 aliphatic rings. The number of rotatable bonds is 2. The third-order valence-corrected chi connectivity index (χ3v) is 1.62. The van der Waals surface area contributed by atoms with Gasteiger partial charge in [0.25, 0.3) is 0 Å². The minimum atomic E-state index is -1.05. The first-order valence-electron chi connectivity index (χ1n) is 3.58. The van der Waals surface area contributed by atoms with Crippen molar-refractivity contribution in [2.24, 2.45) is 0 Å². The molecule has 68 valence electrons. The van der Waals surface area contributed by atoms with Crippen LogP contribution in [0.3, 0.4) is 0 Å². The van der Waals surface area contributed by atoms with Gasteiger partial charge in [-0.3, -0.25) is 0 Å². The molecule has 0 unspecified atom stereocenters. The van der Waals surface area contributed by atoms with Crippen molar-refractivity contribution < 1.29 is 13.5 Å². The van der Waals surface area contributed by atoms with Crippen molar-refractivity contribution in [3.8, 4) is 11.8 Å². The summed E-state index contributed by atoms with van der Waals surface area (Å²) in [6.07, 6.45) is -0.146. The summed E-state index contributed by atoms with van der Waals surface area (Å²) in [5.74, 6) is -2.21. The van der Waals surface area contributed by atoms with Gasteiger partial charge >= 0.3 is 0 Å². The Labute approximate surface area is 74.4 Å². The van der Waals surface area contributed by atoms with E-state index in [-0.39, 0.29) is 17.7 Å². The second kappa shape index (κ2) is 3.85. The Morgan fingerprint density at radius 2 is 2.08 bits per heavy atom. The summed E-state index contributed by atoms with van der Waals surface area (Å²) in [6, 6.07) is 4.37. The Morgan fingerprint density at radius 3 is 2.62 bits per heavy atom. The fourth-order valence-electron chi connectivity index (χ4n) is 0.951. The third kappa shape index (κ3) is 1.75. The van der Waals surface area contributed by atoms with Crippen molar-refractivity contribution in [3.63, 3.8) is 0 Å². The van der Waals surface area contributed by atoms with Crippen LogP contribution in [0.5, 0.6) is 5.75 Å². The van der Waals surface area contributed by atoms with E-state index in [0.717, 1.165) is 0 Å². The number of hydrogen-bond acceptors (Lipinski definition) is 2. The summed E-state index contributed by atoms with van der Waals surface area (Å²) in [4.78, 5) is 0. The van der Waals surface area contributed by atoms with E-state index in [4.69, 9.17) is 5.26 Å². The Hall–Kier alpha value is -1.63. The molecule has 0 N–H and O–H groups in total. The molecule has 0 saturated carbocycles. The lowest BCUT2D eigenvalue weighted by Gasteiger charge is -2.04. The molecule has 0 aliphatic heterocycles. The molecular formula is C9H7F2NO. The van der Waals surface area contributed by atoms with Gasteiger partial charge in [0.1, 0.15) is 0 Å². The molecule has 0 fully saturated rings. The van der Waals surface area contributed by atoms with E-state index in [0.29, 0.717) is 0 Å². The molecule has 0 bridgehead atoms. The van der Waals surface area contributed by atoms with Gasteiger partial charge in [0, 0.05) is 5.56 Å². The monoisotopic (exact) mass is 183 g/mol. The van der Waals surface area contributed by atoms with Crippen LogP contribution in [0.25, 0.3) is 0 Å². The molecule has 0 spiro atoms. The maximum Gasteiger partial charge on any atom is 0.200 e. The maximum absolute atomic E-state index is 13.0. The highest BCUT2D eigenvalue weighted by Crippen LogP contribution is 2.22. The number of nitrogens with zero attached hydrogens (tertiary/aromatic N) is 1. The predicted octanol–water partition coefficient (Wildman–Crippen LogP) is 2.04. The van der Waals surface area contributed by atoms with Gasteiger partial charge in [0.15, 0.2) is 11.6 Å². The van der Waals surface area contributed by atoms with Gasteiger partial charge in [-0.1, -0.05) is 6.07 Å². The Bertz CT molecular complexity index is 357. The van der Waals surface area contributed by atoms with Gasteiger partial charge in [-0.15, -0.1) is 0 Å². The summed E-state index contributed by atoms with van der Waals surface area (Å²) < 4.78 is 30.6. The molecule has 0 aromatic heterocycles. The van der Waals surface area contributed by atoms with Crippen LogP contribution in [-0.2, 0) is 6.42 Å².